The van der Waals surface area contributed by atoms with Crippen molar-refractivity contribution in [3.63, 3.8) is 0 Å². The molecule has 0 radical (unpaired) electrons. The number of aromatic nitrogens is 1. The Morgan fingerprint density at radius 2 is 2.33 bits per heavy atom. The van der Waals surface area contributed by atoms with Crippen molar-refractivity contribution in [2.24, 2.45) is 0 Å². The van der Waals surface area contributed by atoms with Crippen molar-refractivity contribution in [3.8, 4) is 0 Å². The van der Waals surface area contributed by atoms with Gasteiger partial charge in [0, 0.05) is 0 Å². The molecule has 0 atom stereocenters. The lowest BCUT2D eigenvalue weighted by atomic mass is 10.3. The number of hydrogen-bond donors (Lipinski definition) is 1. The molecule has 0 saturated heterocycles. The van der Waals surface area contributed by atoms with Crippen LogP contribution in [0.4, 0.5) is 15.2 Å². The zero-order valence-corrected chi connectivity index (χ0v) is 10.8. The quantitative estimate of drug-likeness (QED) is 0.878. The van der Waals surface area contributed by atoms with Crippen LogP contribution in [-0.2, 0) is 4.74 Å². The number of anilines is 2. The molecule has 0 fully saturated rings. The summed E-state index contributed by atoms with van der Waals surface area (Å²) in [5.74, 6) is -0.975. The van der Waals surface area contributed by atoms with Gasteiger partial charge >= 0.3 is 5.97 Å². The molecule has 0 spiro atoms. The molecule has 4 nitrogen and oxygen atoms in total. The Balaban J connectivity index is 2.24. The monoisotopic (exact) mass is 286 g/mol. The Bertz CT molecular complexity index is 568. The molecule has 2 rings (SSSR count). The number of halogens is 2. The Labute approximate surface area is 111 Å². The van der Waals surface area contributed by atoms with Gasteiger partial charge in [0.1, 0.15) is 10.7 Å². The lowest BCUT2D eigenvalue weighted by molar-refractivity contribution is 0.0606. The van der Waals surface area contributed by atoms with Crippen molar-refractivity contribution >= 4 is 39.7 Å². The van der Waals surface area contributed by atoms with E-state index in [4.69, 9.17) is 11.6 Å². The standard InChI is InChI=1S/C11H8ClFN2O2S/c1-17-10(16)8-5-14-11(18-8)15-9-6(12)3-2-4-7(9)13/h2-5H,1H3,(H,14,15). The van der Waals surface area contributed by atoms with Gasteiger partial charge in [0.2, 0.25) is 0 Å². The molecule has 2 aromatic rings. The van der Waals surface area contributed by atoms with E-state index in [1.165, 1.54) is 25.4 Å². The van der Waals surface area contributed by atoms with Gasteiger partial charge in [0.05, 0.1) is 24.0 Å². The first-order chi connectivity index (χ1) is 8.61. The fourth-order valence-corrected chi connectivity index (χ4v) is 2.20. The van der Waals surface area contributed by atoms with E-state index in [-0.39, 0.29) is 10.7 Å². The predicted octanol–water partition coefficient (Wildman–Crippen LogP) is 3.47. The van der Waals surface area contributed by atoms with Crippen molar-refractivity contribution in [3.05, 3.63) is 40.1 Å². The molecule has 0 aliphatic rings. The summed E-state index contributed by atoms with van der Waals surface area (Å²) >= 11 is 6.91. The third-order valence-corrected chi connectivity index (χ3v) is 3.29. The van der Waals surface area contributed by atoms with Gasteiger partial charge in [0.15, 0.2) is 5.13 Å². The highest BCUT2D eigenvalue weighted by atomic mass is 35.5. The first-order valence-electron chi connectivity index (χ1n) is 4.87. The van der Waals surface area contributed by atoms with Crippen molar-refractivity contribution in [1.29, 1.82) is 0 Å². The average molecular weight is 287 g/mol. The average Bonchev–Trinajstić information content (AvgIpc) is 2.81. The number of para-hydroxylation sites is 1. The summed E-state index contributed by atoms with van der Waals surface area (Å²) in [5, 5.41) is 3.34. The van der Waals surface area contributed by atoms with Crippen LogP contribution in [0, 0.1) is 5.82 Å². The molecule has 1 aromatic carbocycles. The van der Waals surface area contributed by atoms with Gasteiger partial charge in [-0.15, -0.1) is 0 Å². The number of nitrogens with one attached hydrogen (secondary N) is 1. The van der Waals surface area contributed by atoms with Crippen LogP contribution in [0.25, 0.3) is 0 Å². The Morgan fingerprint density at radius 3 is 3.00 bits per heavy atom. The molecule has 0 bridgehead atoms. The molecule has 18 heavy (non-hydrogen) atoms. The van der Waals surface area contributed by atoms with Crippen LogP contribution in [0.2, 0.25) is 5.02 Å². The summed E-state index contributed by atoms with van der Waals surface area (Å²) in [6.45, 7) is 0. The summed E-state index contributed by atoms with van der Waals surface area (Å²) in [5.41, 5.74) is 0.130. The Morgan fingerprint density at radius 1 is 1.56 bits per heavy atom. The maximum absolute atomic E-state index is 13.5. The number of ether oxygens (including phenoxy) is 1. The predicted molar refractivity (Wildman–Crippen MR) is 68.1 cm³/mol. The number of nitrogens with zero attached hydrogens (tertiary/aromatic N) is 1. The van der Waals surface area contributed by atoms with Crippen molar-refractivity contribution in [1.82, 2.24) is 4.98 Å². The van der Waals surface area contributed by atoms with Crippen LogP contribution in [0.5, 0.6) is 0 Å². The minimum absolute atomic E-state index is 0.130. The topological polar surface area (TPSA) is 51.2 Å². The number of hydrogen-bond acceptors (Lipinski definition) is 5. The van der Waals surface area contributed by atoms with E-state index < -0.39 is 11.8 Å². The zero-order valence-electron chi connectivity index (χ0n) is 9.24. The maximum atomic E-state index is 13.5. The second-order valence-electron chi connectivity index (χ2n) is 3.24. The molecule has 0 aliphatic heterocycles. The molecule has 1 N–H and O–H groups in total. The molecular weight excluding hydrogens is 279 g/mol. The van der Waals surface area contributed by atoms with Crippen molar-refractivity contribution in [2.45, 2.75) is 0 Å². The number of benzene rings is 1. The van der Waals surface area contributed by atoms with Crippen LogP contribution in [0.3, 0.4) is 0 Å². The third-order valence-electron chi connectivity index (χ3n) is 2.09. The van der Waals surface area contributed by atoms with Crippen LogP contribution < -0.4 is 5.32 Å². The number of rotatable bonds is 3. The van der Waals surface area contributed by atoms with E-state index in [1.54, 1.807) is 6.07 Å². The van der Waals surface area contributed by atoms with E-state index in [0.717, 1.165) is 11.3 Å². The van der Waals surface area contributed by atoms with Gasteiger partial charge in [0.25, 0.3) is 0 Å². The summed E-state index contributed by atoms with van der Waals surface area (Å²) in [6.07, 6.45) is 1.35. The molecule has 1 heterocycles. The molecule has 0 unspecified atom stereocenters. The fraction of sp³-hybridized carbons (Fsp3) is 0.0909. The minimum atomic E-state index is -0.489. The van der Waals surface area contributed by atoms with Crippen molar-refractivity contribution < 1.29 is 13.9 Å². The van der Waals surface area contributed by atoms with Gasteiger partial charge in [-0.25, -0.2) is 14.2 Å². The summed E-state index contributed by atoms with van der Waals surface area (Å²) < 4.78 is 18.1. The van der Waals surface area contributed by atoms with E-state index in [1.807, 2.05) is 0 Å². The molecule has 0 aliphatic carbocycles. The lowest BCUT2D eigenvalue weighted by Gasteiger charge is -2.05. The molecule has 94 valence electrons. The lowest BCUT2D eigenvalue weighted by Crippen LogP contribution is -1.96. The maximum Gasteiger partial charge on any atom is 0.349 e. The SMILES string of the molecule is COC(=O)c1cnc(Nc2c(F)cccc2Cl)s1. The second kappa shape index (κ2) is 5.32. The van der Waals surface area contributed by atoms with Gasteiger partial charge in [-0.2, -0.15) is 0 Å². The van der Waals surface area contributed by atoms with E-state index in [2.05, 4.69) is 15.0 Å². The molecule has 0 amide bonds. The number of carbonyl (C=O) groups is 1. The van der Waals surface area contributed by atoms with Gasteiger partial charge < -0.3 is 10.1 Å². The van der Waals surface area contributed by atoms with Crippen LogP contribution in [0.15, 0.2) is 24.4 Å². The third kappa shape index (κ3) is 2.60. The van der Waals surface area contributed by atoms with Crippen LogP contribution >= 0.6 is 22.9 Å². The number of esters is 1. The summed E-state index contributed by atoms with van der Waals surface area (Å²) in [4.78, 5) is 15.5. The Hall–Kier alpha value is -1.66. The highest BCUT2D eigenvalue weighted by molar-refractivity contribution is 7.17. The van der Waals surface area contributed by atoms with E-state index in [9.17, 15) is 9.18 Å². The summed E-state index contributed by atoms with van der Waals surface area (Å²) in [6, 6.07) is 4.34. The highest BCUT2D eigenvalue weighted by Crippen LogP contribution is 2.30. The van der Waals surface area contributed by atoms with Gasteiger partial charge in [-0.1, -0.05) is 29.0 Å². The van der Waals surface area contributed by atoms with Crippen LogP contribution in [-0.4, -0.2) is 18.1 Å². The Kier molecular flexibility index (Phi) is 3.78. The number of carbonyl (C=O) groups excluding carboxylic acids is 1. The number of thiazole rings is 1. The van der Waals surface area contributed by atoms with E-state index in [0.29, 0.717) is 10.0 Å². The molecular formula is C11H8ClFN2O2S. The van der Waals surface area contributed by atoms with E-state index >= 15 is 0 Å². The number of methoxy groups -OCH3 is 1. The normalized spacial score (nSPS) is 10.2. The second-order valence-corrected chi connectivity index (χ2v) is 4.68. The first-order valence-corrected chi connectivity index (χ1v) is 6.06. The molecule has 7 heteroatoms. The zero-order chi connectivity index (χ0) is 13.1. The van der Waals surface area contributed by atoms with Gasteiger partial charge in [-0.3, -0.25) is 0 Å². The largest absolute Gasteiger partial charge is 0.465 e. The summed E-state index contributed by atoms with van der Waals surface area (Å²) in [7, 11) is 1.28. The molecule has 1 aromatic heterocycles. The smallest absolute Gasteiger partial charge is 0.349 e. The van der Waals surface area contributed by atoms with Crippen molar-refractivity contribution in [2.75, 3.05) is 12.4 Å². The van der Waals surface area contributed by atoms with Crippen LogP contribution in [0.1, 0.15) is 9.67 Å². The highest BCUT2D eigenvalue weighted by Gasteiger charge is 2.13. The fourth-order valence-electron chi connectivity index (χ4n) is 1.25. The first kappa shape index (κ1) is 12.8. The van der Waals surface area contributed by atoms with Gasteiger partial charge in [-0.05, 0) is 12.1 Å². The minimum Gasteiger partial charge on any atom is -0.465 e. The molecule has 0 saturated carbocycles.